The summed E-state index contributed by atoms with van der Waals surface area (Å²) in [7, 11) is 0. The van der Waals surface area contributed by atoms with Crippen LogP contribution in [0.5, 0.6) is 0 Å². The van der Waals surface area contributed by atoms with Crippen LogP contribution in [0.4, 0.5) is 35.6 Å². The number of anilines is 3. The van der Waals surface area contributed by atoms with Crippen LogP contribution in [0.1, 0.15) is 61.7 Å². The summed E-state index contributed by atoms with van der Waals surface area (Å²) in [6.45, 7) is 3.64. The summed E-state index contributed by atoms with van der Waals surface area (Å²) in [5, 5.41) is 36.7. The molecule has 5 N–H and O–H groups in total. The van der Waals surface area contributed by atoms with Crippen molar-refractivity contribution in [2.24, 2.45) is 0 Å². The number of aromatic nitrogens is 6. The number of rotatable bonds is 5. The Morgan fingerprint density at radius 2 is 1.30 bits per heavy atom. The van der Waals surface area contributed by atoms with E-state index in [9.17, 15) is 28.6 Å². The quantitative estimate of drug-likeness (QED) is 0.108. The van der Waals surface area contributed by atoms with Crippen LogP contribution in [-0.2, 0) is 0 Å². The summed E-state index contributed by atoms with van der Waals surface area (Å²) in [5.41, 5.74) is 4.26. The zero-order chi connectivity index (χ0) is 44.2. The van der Waals surface area contributed by atoms with Crippen molar-refractivity contribution in [2.75, 3.05) is 54.8 Å². The van der Waals surface area contributed by atoms with Crippen molar-refractivity contribution in [1.82, 2.24) is 44.3 Å². The maximum Gasteiger partial charge on any atom is 0.322 e. The van der Waals surface area contributed by atoms with Crippen molar-refractivity contribution < 1.29 is 28.6 Å². The minimum atomic E-state index is -0.474. The van der Waals surface area contributed by atoms with Crippen LogP contribution in [0.2, 0.25) is 5.15 Å². The number of aliphatic hydroxyl groups is 2. The predicted molar refractivity (Wildman–Crippen MR) is 241 cm³/mol. The lowest BCUT2D eigenvalue weighted by Gasteiger charge is -2.26. The molecule has 2 aromatic carbocycles. The number of benzene rings is 2. The second kappa shape index (κ2) is 19.8. The van der Waals surface area contributed by atoms with E-state index in [4.69, 9.17) is 16.6 Å². The Labute approximate surface area is 382 Å². The van der Waals surface area contributed by atoms with Crippen LogP contribution in [0.3, 0.4) is 0 Å². The molecule has 0 spiro atoms. The highest BCUT2D eigenvalue weighted by Gasteiger charge is 2.30. The summed E-state index contributed by atoms with van der Waals surface area (Å²) in [6.07, 6.45) is 11.2. The van der Waals surface area contributed by atoms with Crippen molar-refractivity contribution in [1.29, 1.82) is 0 Å². The van der Waals surface area contributed by atoms with Gasteiger partial charge in [0.1, 0.15) is 34.0 Å². The van der Waals surface area contributed by atoms with Gasteiger partial charge in [-0.05, 0) is 124 Å². The van der Waals surface area contributed by atoms with Gasteiger partial charge in [0.05, 0.1) is 39.6 Å². The molecular weight excluding hydrogens is 970 g/mol. The number of aliphatic hydroxyl groups excluding tert-OH is 2. The standard InChI is InChI=1S/C21H22BrFN6O2.C11H12ClN5O2.C10H11BrFN/c22-15-10-13(3-4-16(15)23)18-2-1-7-28(18)19-6-9-29-20(26-19)17(11-24-29)25-21(31)27-8-5-14(30)12-27;12-9-2-4-17-10(15-9)8(5-13-17)14-11(19)16-3-1-7(18)6-16;11-8-6-7(3-4-9(8)12)10-2-1-5-13-10/h3-4,6,9-11,14,18,30H,1-2,5,7-8,12H2,(H,25,31);2,4-5,7,18H,1,3,6H2,(H,14,19);3-4,6,10,13H,1-2,5H2/t14-,18+;7-;/m00./s1. The SMILES string of the molecule is Fc1ccc(C2CCCN2)cc1Br.O=C(Nc1cnn2ccc(Cl)nc12)N1CC[C@H](O)C1.O=C(Nc1cnn2ccc(N3CCC[C@@H]3c3ccc(F)c(Br)c3)nc12)N1CC[C@H](O)C1. The highest BCUT2D eigenvalue weighted by molar-refractivity contribution is 9.10. The van der Waals surface area contributed by atoms with Crippen LogP contribution < -0.4 is 20.9 Å². The molecule has 21 heteroatoms. The van der Waals surface area contributed by atoms with Gasteiger partial charge < -0.3 is 40.9 Å². The van der Waals surface area contributed by atoms with E-state index in [1.54, 1.807) is 32.8 Å². The van der Waals surface area contributed by atoms with E-state index in [-0.39, 0.29) is 29.7 Å². The number of fused-ring (bicyclic) bond motifs is 2. The van der Waals surface area contributed by atoms with Crippen molar-refractivity contribution in [3.8, 4) is 0 Å². The number of likely N-dealkylation sites (tertiary alicyclic amines) is 2. The first-order valence-corrected chi connectivity index (χ1v) is 22.6. The third-order valence-electron chi connectivity index (χ3n) is 11.4. The molecule has 0 aliphatic carbocycles. The molecule has 4 aromatic heterocycles. The fraction of sp³-hybridized carbons (Fsp3) is 0.381. The van der Waals surface area contributed by atoms with Crippen LogP contribution >= 0.6 is 43.5 Å². The zero-order valence-corrected chi connectivity index (χ0v) is 37.8. The predicted octanol–water partition coefficient (Wildman–Crippen LogP) is 7.56. The van der Waals surface area contributed by atoms with Gasteiger partial charge in [-0.25, -0.2) is 37.4 Å². The molecule has 0 saturated carbocycles. The average Bonchev–Trinajstić information content (AvgIpc) is 4.14. The van der Waals surface area contributed by atoms with Gasteiger partial charge in [-0.15, -0.1) is 0 Å². The Balaban J connectivity index is 0.000000144. The van der Waals surface area contributed by atoms with Crippen LogP contribution in [0.15, 0.2) is 82.3 Å². The van der Waals surface area contributed by atoms with Crippen LogP contribution in [0.25, 0.3) is 11.3 Å². The molecule has 4 saturated heterocycles. The van der Waals surface area contributed by atoms with E-state index in [0.717, 1.165) is 43.7 Å². The summed E-state index contributed by atoms with van der Waals surface area (Å²) in [6, 6.07) is 13.8. The second-order valence-corrected chi connectivity index (χ2v) is 17.8. The van der Waals surface area contributed by atoms with E-state index in [0.29, 0.717) is 81.8 Å². The lowest BCUT2D eigenvalue weighted by molar-refractivity contribution is 0.176. The third kappa shape index (κ3) is 10.5. The second-order valence-electron chi connectivity index (χ2n) is 15.7. The molecule has 0 bridgehead atoms. The maximum absolute atomic E-state index is 13.7. The number of urea groups is 2. The molecule has 332 valence electrons. The molecule has 0 radical (unpaired) electrons. The molecule has 4 atom stereocenters. The van der Waals surface area contributed by atoms with Gasteiger partial charge in [0.15, 0.2) is 11.3 Å². The van der Waals surface area contributed by atoms with Gasteiger partial charge in [-0.1, -0.05) is 23.7 Å². The normalized spacial score (nSPS) is 20.8. The van der Waals surface area contributed by atoms with Crippen molar-refractivity contribution >= 4 is 84.0 Å². The molecule has 16 nitrogen and oxygen atoms in total. The number of amides is 4. The Kier molecular flexibility index (Phi) is 14.0. The van der Waals surface area contributed by atoms with Crippen LogP contribution in [0, 0.1) is 11.6 Å². The van der Waals surface area contributed by atoms with Gasteiger partial charge in [0.2, 0.25) is 0 Å². The van der Waals surface area contributed by atoms with Crippen molar-refractivity contribution in [3.05, 3.63) is 110 Å². The summed E-state index contributed by atoms with van der Waals surface area (Å²) in [4.78, 5) is 38.8. The molecule has 6 aromatic rings. The minimum Gasteiger partial charge on any atom is -0.391 e. The first-order valence-electron chi connectivity index (χ1n) is 20.6. The lowest BCUT2D eigenvalue weighted by Crippen LogP contribution is -2.33. The van der Waals surface area contributed by atoms with Crippen LogP contribution in [-0.4, -0.2) is 113 Å². The fourth-order valence-corrected chi connectivity index (χ4v) is 9.02. The highest BCUT2D eigenvalue weighted by atomic mass is 79.9. The van der Waals surface area contributed by atoms with Gasteiger partial charge in [-0.2, -0.15) is 10.2 Å². The number of hydrogen-bond donors (Lipinski definition) is 5. The monoisotopic (exact) mass is 1010 g/mol. The van der Waals surface area contributed by atoms with E-state index >= 15 is 0 Å². The average molecular weight is 1020 g/mol. The molecule has 4 amide bonds. The van der Waals surface area contributed by atoms with E-state index in [2.05, 4.69) is 67.9 Å². The smallest absolute Gasteiger partial charge is 0.322 e. The number of carbonyl (C=O) groups is 2. The van der Waals surface area contributed by atoms with Gasteiger partial charge in [-0.3, -0.25) is 0 Å². The fourth-order valence-electron chi connectivity index (χ4n) is 8.09. The van der Waals surface area contributed by atoms with E-state index in [1.807, 2.05) is 36.5 Å². The molecule has 63 heavy (non-hydrogen) atoms. The largest absolute Gasteiger partial charge is 0.391 e. The lowest BCUT2D eigenvalue weighted by atomic mass is 10.0. The van der Waals surface area contributed by atoms with Gasteiger partial charge in [0.25, 0.3) is 0 Å². The first kappa shape index (κ1) is 44.6. The summed E-state index contributed by atoms with van der Waals surface area (Å²) < 4.78 is 30.8. The number of carbonyl (C=O) groups excluding carboxylic acids is 2. The maximum atomic E-state index is 13.7. The van der Waals surface area contributed by atoms with Gasteiger partial charge in [0, 0.05) is 51.2 Å². The summed E-state index contributed by atoms with van der Waals surface area (Å²) >= 11 is 12.3. The van der Waals surface area contributed by atoms with Gasteiger partial charge >= 0.3 is 12.1 Å². The number of halogens is 5. The molecule has 8 heterocycles. The Morgan fingerprint density at radius 1 is 0.730 bits per heavy atom. The Bertz CT molecular complexity index is 2600. The number of nitrogens with zero attached hydrogens (tertiary/aromatic N) is 9. The number of nitrogens with one attached hydrogen (secondary N) is 3. The van der Waals surface area contributed by atoms with Crippen molar-refractivity contribution in [3.63, 3.8) is 0 Å². The third-order valence-corrected chi connectivity index (χ3v) is 12.8. The minimum absolute atomic E-state index is 0.0962. The molecule has 4 aliphatic heterocycles. The molecule has 1 unspecified atom stereocenters. The first-order chi connectivity index (χ1) is 30.4. The highest BCUT2D eigenvalue weighted by Crippen LogP contribution is 2.37. The zero-order valence-electron chi connectivity index (χ0n) is 33.8. The van der Waals surface area contributed by atoms with Crippen molar-refractivity contribution in [2.45, 2.75) is 62.8 Å². The number of hydrogen-bond acceptors (Lipinski definition) is 10. The topological polar surface area (TPSA) is 181 Å². The molecule has 4 aliphatic rings. The Hall–Kier alpha value is -4.99. The summed E-state index contributed by atoms with van der Waals surface area (Å²) in [5.74, 6) is 0.308. The van der Waals surface area contributed by atoms with E-state index < -0.39 is 12.2 Å². The molecular formula is C42H45Br2ClF2N12O4. The Morgan fingerprint density at radius 3 is 1.86 bits per heavy atom. The molecule has 10 rings (SSSR count). The number of β-amino-alcohol motifs (C(OH)–C–C–N with tert-alkyl or cyclic N) is 2. The van der Waals surface area contributed by atoms with E-state index in [1.165, 1.54) is 34.8 Å². The molecule has 4 fully saturated rings.